The van der Waals surface area contributed by atoms with Gasteiger partial charge in [-0.05, 0) is 25.7 Å². The van der Waals surface area contributed by atoms with Crippen LogP contribution in [0.2, 0.25) is 0 Å². The first kappa shape index (κ1) is 15.0. The fourth-order valence-electron chi connectivity index (χ4n) is 2.92. The number of rotatable bonds is 5. The summed E-state index contributed by atoms with van der Waals surface area (Å²) >= 11 is 1.47. The van der Waals surface area contributed by atoms with Crippen molar-refractivity contribution in [2.24, 2.45) is 0 Å². The second-order valence-corrected chi connectivity index (χ2v) is 6.38. The van der Waals surface area contributed by atoms with E-state index in [1.807, 2.05) is 29.9 Å². The summed E-state index contributed by atoms with van der Waals surface area (Å²) in [6.45, 7) is 1.73. The molecule has 2 aromatic heterocycles. The Labute approximate surface area is 134 Å². The van der Waals surface area contributed by atoms with E-state index in [1.165, 1.54) is 17.8 Å². The van der Waals surface area contributed by atoms with Gasteiger partial charge in [0.05, 0.1) is 6.33 Å². The highest BCUT2D eigenvalue weighted by molar-refractivity contribution is 7.13. The largest absolute Gasteiger partial charge is 0.365 e. The molecule has 22 heavy (non-hydrogen) atoms. The molecular formula is C15H21N5OS. The molecule has 0 aromatic carbocycles. The number of carbonyl (C=O) groups excluding carboxylic acids is 1. The normalized spacial score (nSPS) is 18.4. The number of hydrogen-bond acceptors (Lipinski definition) is 5. The molecule has 0 spiro atoms. The lowest BCUT2D eigenvalue weighted by Crippen LogP contribution is -2.44. The van der Waals surface area contributed by atoms with Crippen LogP contribution >= 0.6 is 11.3 Å². The summed E-state index contributed by atoms with van der Waals surface area (Å²) in [4.78, 5) is 23.1. The molecule has 2 aromatic rings. The Balaban J connectivity index is 1.67. The third-order valence-electron chi connectivity index (χ3n) is 4.10. The molecule has 0 bridgehead atoms. The summed E-state index contributed by atoms with van der Waals surface area (Å²) in [5.74, 6) is 0.0630. The molecule has 1 atom stereocenters. The minimum Gasteiger partial charge on any atom is -0.365 e. The zero-order valence-corrected chi connectivity index (χ0v) is 13.6. The molecule has 0 radical (unpaired) electrons. The van der Waals surface area contributed by atoms with E-state index in [1.54, 1.807) is 6.20 Å². The fourth-order valence-corrected chi connectivity index (χ4v) is 3.56. The van der Waals surface area contributed by atoms with Crippen LogP contribution in [-0.4, -0.2) is 45.0 Å². The number of hydrogen-bond donors (Lipinski definition) is 1. The van der Waals surface area contributed by atoms with Crippen molar-refractivity contribution in [2.45, 2.75) is 38.3 Å². The number of amides is 1. The predicted octanol–water partition coefficient (Wildman–Crippen LogP) is 2.47. The van der Waals surface area contributed by atoms with Crippen LogP contribution in [-0.2, 0) is 6.54 Å². The van der Waals surface area contributed by atoms with Crippen LogP contribution in [0, 0.1) is 0 Å². The van der Waals surface area contributed by atoms with Crippen LogP contribution in [0.1, 0.15) is 36.2 Å². The number of nitrogens with one attached hydrogen (secondary N) is 1. The zero-order chi connectivity index (χ0) is 15.4. The molecule has 1 unspecified atom stereocenters. The first-order valence-electron chi connectivity index (χ1n) is 7.68. The van der Waals surface area contributed by atoms with Crippen molar-refractivity contribution in [1.29, 1.82) is 0 Å². The number of thiazole rings is 1. The average molecular weight is 319 g/mol. The summed E-state index contributed by atoms with van der Waals surface area (Å²) in [5, 5.41) is 5.62. The molecule has 7 heteroatoms. The van der Waals surface area contributed by atoms with Crippen molar-refractivity contribution in [1.82, 2.24) is 19.4 Å². The highest BCUT2D eigenvalue weighted by Gasteiger charge is 2.28. The maximum Gasteiger partial charge on any atom is 0.273 e. The van der Waals surface area contributed by atoms with Gasteiger partial charge in [0.15, 0.2) is 5.13 Å². The Kier molecular flexibility index (Phi) is 4.72. The SMILES string of the molecule is CNc1nc(C(=O)N2CCCCC2CCn2ccnc2)cs1. The Morgan fingerprint density at radius 1 is 1.50 bits per heavy atom. The highest BCUT2D eigenvalue weighted by atomic mass is 32.1. The quantitative estimate of drug-likeness (QED) is 0.919. The molecule has 1 amide bonds. The van der Waals surface area contributed by atoms with Crippen LogP contribution < -0.4 is 5.32 Å². The van der Waals surface area contributed by atoms with Gasteiger partial charge in [-0.2, -0.15) is 0 Å². The molecule has 6 nitrogen and oxygen atoms in total. The van der Waals surface area contributed by atoms with E-state index in [-0.39, 0.29) is 5.91 Å². The number of imidazole rings is 1. The van der Waals surface area contributed by atoms with Crippen LogP contribution in [0.5, 0.6) is 0 Å². The highest BCUT2D eigenvalue weighted by Crippen LogP contribution is 2.24. The Morgan fingerprint density at radius 3 is 3.14 bits per heavy atom. The lowest BCUT2D eigenvalue weighted by Gasteiger charge is -2.35. The van der Waals surface area contributed by atoms with Crippen LogP contribution in [0.15, 0.2) is 24.1 Å². The number of piperidine rings is 1. The first-order chi connectivity index (χ1) is 10.8. The monoisotopic (exact) mass is 319 g/mol. The minimum absolute atomic E-state index is 0.0630. The second kappa shape index (κ2) is 6.91. The molecule has 0 aliphatic carbocycles. The van der Waals surface area contributed by atoms with Crippen molar-refractivity contribution in [3.8, 4) is 0 Å². The van der Waals surface area contributed by atoms with Gasteiger partial charge in [0.2, 0.25) is 0 Å². The van der Waals surface area contributed by atoms with Crippen molar-refractivity contribution in [3.63, 3.8) is 0 Å². The lowest BCUT2D eigenvalue weighted by atomic mass is 9.99. The Bertz CT molecular complexity index is 609. The van der Waals surface area contributed by atoms with E-state index >= 15 is 0 Å². The van der Waals surface area contributed by atoms with Gasteiger partial charge >= 0.3 is 0 Å². The molecule has 3 heterocycles. The zero-order valence-electron chi connectivity index (χ0n) is 12.7. The number of aromatic nitrogens is 3. The number of anilines is 1. The van der Waals surface area contributed by atoms with Crippen LogP contribution in [0.25, 0.3) is 0 Å². The molecule has 1 N–H and O–H groups in total. The number of likely N-dealkylation sites (tertiary alicyclic amines) is 1. The van der Waals surface area contributed by atoms with Gasteiger partial charge < -0.3 is 14.8 Å². The van der Waals surface area contributed by atoms with Gasteiger partial charge in [-0.15, -0.1) is 11.3 Å². The smallest absolute Gasteiger partial charge is 0.273 e. The maximum absolute atomic E-state index is 12.7. The van der Waals surface area contributed by atoms with Gasteiger partial charge in [0.25, 0.3) is 5.91 Å². The van der Waals surface area contributed by atoms with E-state index < -0.39 is 0 Å². The number of carbonyl (C=O) groups is 1. The standard InChI is InChI=1S/C15H21N5OS/c1-16-15-18-13(10-22-15)14(21)20-7-3-2-4-12(20)5-8-19-9-6-17-11-19/h6,9-12H,2-5,7-8H2,1H3,(H,16,18). The number of nitrogens with zero attached hydrogens (tertiary/aromatic N) is 4. The first-order valence-corrected chi connectivity index (χ1v) is 8.56. The topological polar surface area (TPSA) is 63.1 Å². The van der Waals surface area contributed by atoms with Crippen molar-refractivity contribution >= 4 is 22.4 Å². The Hall–Kier alpha value is -1.89. The fraction of sp³-hybridized carbons (Fsp3) is 0.533. The maximum atomic E-state index is 12.7. The summed E-state index contributed by atoms with van der Waals surface area (Å²) in [6, 6.07) is 0.295. The molecule has 1 aliphatic heterocycles. The third-order valence-corrected chi connectivity index (χ3v) is 4.96. The summed E-state index contributed by atoms with van der Waals surface area (Å²) in [7, 11) is 1.82. The second-order valence-electron chi connectivity index (χ2n) is 5.53. The van der Waals surface area contributed by atoms with Gasteiger partial charge in [-0.25, -0.2) is 9.97 Å². The molecule has 3 rings (SSSR count). The molecule has 118 valence electrons. The van der Waals surface area contributed by atoms with E-state index in [4.69, 9.17) is 0 Å². The average Bonchev–Trinajstić information content (AvgIpc) is 3.24. The molecular weight excluding hydrogens is 298 g/mol. The van der Waals surface area contributed by atoms with E-state index in [2.05, 4.69) is 19.9 Å². The van der Waals surface area contributed by atoms with E-state index in [0.29, 0.717) is 11.7 Å². The van der Waals surface area contributed by atoms with Gasteiger partial charge in [-0.1, -0.05) is 0 Å². The van der Waals surface area contributed by atoms with Gasteiger partial charge in [0, 0.05) is 44.0 Å². The summed E-state index contributed by atoms with van der Waals surface area (Å²) in [6.07, 6.45) is 9.89. The summed E-state index contributed by atoms with van der Waals surface area (Å²) in [5.41, 5.74) is 0.559. The number of aryl methyl sites for hydroxylation is 1. The van der Waals surface area contributed by atoms with Crippen LogP contribution in [0.4, 0.5) is 5.13 Å². The van der Waals surface area contributed by atoms with Crippen molar-refractivity contribution in [3.05, 3.63) is 29.8 Å². The Morgan fingerprint density at radius 2 is 2.41 bits per heavy atom. The van der Waals surface area contributed by atoms with Crippen molar-refractivity contribution in [2.75, 3.05) is 18.9 Å². The summed E-state index contributed by atoms with van der Waals surface area (Å²) < 4.78 is 2.07. The van der Waals surface area contributed by atoms with Crippen molar-refractivity contribution < 1.29 is 4.79 Å². The molecule has 1 fully saturated rings. The third kappa shape index (κ3) is 3.30. The van der Waals surface area contributed by atoms with Gasteiger partial charge in [-0.3, -0.25) is 4.79 Å². The van der Waals surface area contributed by atoms with E-state index in [9.17, 15) is 4.79 Å². The van der Waals surface area contributed by atoms with Crippen LogP contribution in [0.3, 0.4) is 0 Å². The predicted molar refractivity (Wildman–Crippen MR) is 87.2 cm³/mol. The lowest BCUT2D eigenvalue weighted by molar-refractivity contribution is 0.0590. The molecule has 1 saturated heterocycles. The molecule has 0 saturated carbocycles. The minimum atomic E-state index is 0.0630. The van der Waals surface area contributed by atoms with E-state index in [0.717, 1.165) is 37.5 Å². The molecule has 1 aliphatic rings. The van der Waals surface area contributed by atoms with Gasteiger partial charge in [0.1, 0.15) is 5.69 Å².